The summed E-state index contributed by atoms with van der Waals surface area (Å²) in [5.74, 6) is -0.337. The number of nitrogens with two attached hydrogens (primary N) is 1. The van der Waals surface area contributed by atoms with E-state index in [9.17, 15) is 13.2 Å². The van der Waals surface area contributed by atoms with Crippen LogP contribution in [-0.4, -0.2) is 38.1 Å². The zero-order chi connectivity index (χ0) is 25.9. The fourth-order valence-corrected chi connectivity index (χ4v) is 5.31. The van der Waals surface area contributed by atoms with Crippen molar-refractivity contribution >= 4 is 34.0 Å². The lowest BCUT2D eigenvalue weighted by Crippen LogP contribution is -2.47. The molecule has 0 fully saturated rings. The number of anilines is 1. The monoisotopic (exact) mass is 533 g/mol. The van der Waals surface area contributed by atoms with Crippen molar-refractivity contribution in [2.24, 2.45) is 5.73 Å². The maximum absolute atomic E-state index is 13.9. The van der Waals surface area contributed by atoms with Gasteiger partial charge in [-0.15, -0.1) is 12.4 Å². The average Bonchev–Trinajstić information content (AvgIpc) is 2.82. The molecule has 1 unspecified atom stereocenters. The first-order chi connectivity index (χ1) is 16.4. The van der Waals surface area contributed by atoms with Crippen molar-refractivity contribution in [3.05, 3.63) is 83.6 Å². The molecule has 3 aromatic rings. The largest absolute Gasteiger partial charge is 0.497 e. The average molecular weight is 534 g/mol. The van der Waals surface area contributed by atoms with Crippen LogP contribution < -0.4 is 15.8 Å². The molecule has 0 aliphatic rings. The normalized spacial score (nSPS) is 13.2. The smallest absolute Gasteiger partial charge is 0.322 e. The third-order valence-electron chi connectivity index (χ3n) is 5.74. The second kappa shape index (κ2) is 11.3. The number of nitrogens with zero attached hydrogens (tertiary/aromatic N) is 1. The van der Waals surface area contributed by atoms with Gasteiger partial charge in [-0.1, -0.05) is 51.1 Å². The van der Waals surface area contributed by atoms with Gasteiger partial charge < -0.3 is 20.9 Å². The number of carbonyl (C=O) groups is 1. The van der Waals surface area contributed by atoms with Crippen LogP contribution in [0.1, 0.15) is 37.6 Å². The minimum absolute atomic E-state index is 0. The van der Waals surface area contributed by atoms with Gasteiger partial charge in [-0.25, -0.2) is 13.4 Å². The molecule has 0 aliphatic heterocycles. The van der Waals surface area contributed by atoms with Crippen molar-refractivity contribution in [2.75, 3.05) is 19.0 Å². The second-order valence-electron chi connectivity index (χ2n) is 9.35. The quantitative estimate of drug-likeness (QED) is 0.374. The van der Waals surface area contributed by atoms with E-state index in [0.29, 0.717) is 5.75 Å². The number of hydrogen-bond acceptors (Lipinski definition) is 7. The third kappa shape index (κ3) is 6.34. The molecular formula is C26H32ClN3O5S. The Morgan fingerprint density at radius 3 is 2.17 bits per heavy atom. The van der Waals surface area contributed by atoms with Gasteiger partial charge in [-0.3, -0.25) is 4.79 Å². The van der Waals surface area contributed by atoms with Crippen LogP contribution in [0.3, 0.4) is 0 Å². The highest BCUT2D eigenvalue weighted by molar-refractivity contribution is 7.92. The molecule has 10 heteroatoms. The summed E-state index contributed by atoms with van der Waals surface area (Å²) in [5.41, 5.74) is 8.64. The molecule has 1 aromatic heterocycles. The highest BCUT2D eigenvalue weighted by Gasteiger charge is 2.44. The number of carboxylic acids is 1. The highest BCUT2D eigenvalue weighted by atomic mass is 35.5. The third-order valence-corrected chi connectivity index (χ3v) is 7.94. The maximum atomic E-state index is 13.9. The van der Waals surface area contributed by atoms with E-state index >= 15 is 0 Å². The van der Waals surface area contributed by atoms with Crippen molar-refractivity contribution in [3.8, 4) is 5.75 Å². The van der Waals surface area contributed by atoms with E-state index < -0.39 is 20.7 Å². The van der Waals surface area contributed by atoms with Crippen LogP contribution in [0.5, 0.6) is 5.75 Å². The summed E-state index contributed by atoms with van der Waals surface area (Å²) in [6.45, 7) is 5.93. The molecule has 1 atom stereocenters. The SMILES string of the molecule is COc1ccc(S(=O)(=O)C(N)(Cc2ccc(C(C)(C)C)cc2)c2cccc(NCC(=O)O)n2)cc1.Cl. The van der Waals surface area contributed by atoms with Crippen LogP contribution in [0.4, 0.5) is 5.82 Å². The van der Waals surface area contributed by atoms with Crippen LogP contribution in [0, 0.1) is 0 Å². The second-order valence-corrected chi connectivity index (χ2v) is 11.6. The Kier molecular flexibility index (Phi) is 9.12. The van der Waals surface area contributed by atoms with E-state index in [1.165, 1.54) is 25.3 Å². The van der Waals surface area contributed by atoms with E-state index in [2.05, 4.69) is 31.1 Å². The van der Waals surface area contributed by atoms with E-state index in [1.54, 1.807) is 24.3 Å². The van der Waals surface area contributed by atoms with Crippen molar-refractivity contribution in [1.82, 2.24) is 4.98 Å². The molecule has 0 aliphatic carbocycles. The Bertz CT molecular complexity index is 1290. The van der Waals surface area contributed by atoms with Gasteiger partial charge in [0.2, 0.25) is 9.84 Å². The molecule has 8 nitrogen and oxygen atoms in total. The van der Waals surface area contributed by atoms with Crippen molar-refractivity contribution < 1.29 is 23.1 Å². The Hall–Kier alpha value is -3.14. The Morgan fingerprint density at radius 2 is 1.64 bits per heavy atom. The van der Waals surface area contributed by atoms with Crippen LogP contribution >= 0.6 is 12.4 Å². The number of aliphatic carboxylic acids is 1. The first-order valence-corrected chi connectivity index (χ1v) is 12.6. The number of hydrogen-bond donors (Lipinski definition) is 3. The summed E-state index contributed by atoms with van der Waals surface area (Å²) in [6.07, 6.45) is -0.0405. The van der Waals surface area contributed by atoms with Gasteiger partial charge in [0, 0.05) is 6.42 Å². The summed E-state index contributed by atoms with van der Waals surface area (Å²) in [4.78, 5) is 13.5. The van der Waals surface area contributed by atoms with Crippen LogP contribution in [-0.2, 0) is 31.3 Å². The molecule has 0 amide bonds. The number of benzene rings is 2. The lowest BCUT2D eigenvalue weighted by Gasteiger charge is -2.30. The number of pyridine rings is 1. The van der Waals surface area contributed by atoms with Crippen molar-refractivity contribution in [2.45, 2.75) is 42.4 Å². The molecule has 0 radical (unpaired) electrons. The van der Waals surface area contributed by atoms with Gasteiger partial charge in [-0.2, -0.15) is 0 Å². The highest BCUT2D eigenvalue weighted by Crippen LogP contribution is 2.35. The van der Waals surface area contributed by atoms with Crippen LogP contribution in [0.2, 0.25) is 0 Å². The zero-order valence-corrected chi connectivity index (χ0v) is 22.3. The molecule has 1 heterocycles. The van der Waals surface area contributed by atoms with Gasteiger partial charge in [0.05, 0.1) is 17.7 Å². The number of nitrogens with one attached hydrogen (secondary N) is 1. The van der Waals surface area contributed by atoms with Gasteiger partial charge in [0.25, 0.3) is 0 Å². The summed E-state index contributed by atoms with van der Waals surface area (Å²) < 4.78 is 33.0. The number of methoxy groups -OCH3 is 1. The molecule has 4 N–H and O–H groups in total. The fourth-order valence-electron chi connectivity index (χ4n) is 3.65. The van der Waals surface area contributed by atoms with Crippen molar-refractivity contribution in [1.29, 1.82) is 0 Å². The Morgan fingerprint density at radius 1 is 1.03 bits per heavy atom. The molecule has 0 bridgehead atoms. The number of halogens is 1. The maximum Gasteiger partial charge on any atom is 0.322 e. The number of rotatable bonds is 9. The lowest BCUT2D eigenvalue weighted by molar-refractivity contribution is -0.134. The summed E-state index contributed by atoms with van der Waals surface area (Å²) in [5, 5.41) is 11.7. The molecule has 36 heavy (non-hydrogen) atoms. The topological polar surface area (TPSA) is 132 Å². The van der Waals surface area contributed by atoms with Gasteiger partial charge in [0.1, 0.15) is 18.1 Å². The fraction of sp³-hybridized carbons (Fsp3) is 0.308. The molecule has 0 saturated carbocycles. The van der Waals surface area contributed by atoms with Crippen LogP contribution in [0.15, 0.2) is 71.6 Å². The molecule has 0 spiro atoms. The summed E-state index contributed by atoms with van der Waals surface area (Å²) in [7, 11) is -2.65. The predicted octanol–water partition coefficient (Wildman–Crippen LogP) is 4.13. The van der Waals surface area contributed by atoms with Gasteiger partial charge in [0.15, 0.2) is 4.87 Å². The zero-order valence-electron chi connectivity index (χ0n) is 20.7. The van der Waals surface area contributed by atoms with Gasteiger partial charge >= 0.3 is 5.97 Å². The minimum atomic E-state index is -4.15. The Labute approximate surface area is 218 Å². The molecule has 3 rings (SSSR count). The predicted molar refractivity (Wildman–Crippen MR) is 143 cm³/mol. The summed E-state index contributed by atoms with van der Waals surface area (Å²) >= 11 is 0. The number of aromatic nitrogens is 1. The number of sulfone groups is 1. The summed E-state index contributed by atoms with van der Waals surface area (Å²) in [6, 6.07) is 18.4. The first-order valence-electron chi connectivity index (χ1n) is 11.1. The first kappa shape index (κ1) is 29.1. The minimum Gasteiger partial charge on any atom is -0.497 e. The Balaban J connectivity index is 0.00000456. The van der Waals surface area contributed by atoms with E-state index in [1.807, 2.05) is 24.3 Å². The van der Waals surface area contributed by atoms with E-state index in [4.69, 9.17) is 15.6 Å². The number of ether oxygens (including phenoxy) is 1. The standard InChI is InChI=1S/C26H31N3O5S.ClH/c1-25(2,3)19-10-8-18(9-11-19)16-26(27,22-6-5-7-23(29-22)28-17-24(30)31)35(32,33)21-14-12-20(34-4)13-15-21;/h5-15H,16-17,27H2,1-4H3,(H,28,29)(H,30,31);1H. The molecule has 2 aromatic carbocycles. The van der Waals surface area contributed by atoms with E-state index in [-0.39, 0.29) is 47.2 Å². The lowest BCUT2D eigenvalue weighted by atomic mass is 9.86. The van der Waals surface area contributed by atoms with Crippen LogP contribution in [0.25, 0.3) is 0 Å². The van der Waals surface area contributed by atoms with Gasteiger partial charge in [-0.05, 0) is 52.9 Å². The molecule has 0 saturated heterocycles. The number of carboxylic acid groups (broad SMARTS) is 1. The molecule has 194 valence electrons. The van der Waals surface area contributed by atoms with Crippen molar-refractivity contribution in [3.63, 3.8) is 0 Å². The van der Waals surface area contributed by atoms with E-state index in [0.717, 1.165) is 11.1 Å². The molecular weight excluding hydrogens is 502 g/mol.